The Hall–Kier alpha value is -4.74. The van der Waals surface area contributed by atoms with Crippen molar-refractivity contribution in [2.45, 2.75) is 108 Å². The molecule has 1 heterocycles. The van der Waals surface area contributed by atoms with Crippen molar-refractivity contribution in [1.82, 2.24) is 26.6 Å². The number of aliphatic hydroxyl groups excluding tert-OH is 1. The maximum atomic E-state index is 13.3. The van der Waals surface area contributed by atoms with Gasteiger partial charge in [-0.1, -0.05) is 49.7 Å². The highest BCUT2D eigenvalue weighted by Crippen LogP contribution is 2.21. The van der Waals surface area contributed by atoms with E-state index in [4.69, 9.17) is 21.9 Å². The van der Waals surface area contributed by atoms with Crippen LogP contribution in [0.5, 0.6) is 0 Å². The summed E-state index contributed by atoms with van der Waals surface area (Å²) >= 11 is 0. The summed E-state index contributed by atoms with van der Waals surface area (Å²) in [6.07, 6.45) is 0.770. The van der Waals surface area contributed by atoms with Crippen LogP contribution < -0.4 is 43.8 Å². The van der Waals surface area contributed by atoms with Crippen molar-refractivity contribution >= 4 is 35.3 Å². The Morgan fingerprint density at radius 2 is 1.33 bits per heavy atom. The number of nitrogens with one attached hydrogen (secondary N) is 5. The average Bonchev–Trinajstić information content (AvgIpc) is 4.01. The number of nitrogens with two attached hydrogens (primary N) is 3. The SMILES string of the molecule is CCCCc1ccc(-c2ccc(C(=O)NC(CCN)C(=O)NC(C(=O)NC(N)C(=O)NC(CCCCN)C(=O)NC(C)C(=O)C3CO3)C(C)O)cc2)cc1. The van der Waals surface area contributed by atoms with E-state index >= 15 is 0 Å². The molecule has 2 aromatic carbocycles. The number of epoxide rings is 1. The Bertz CT molecular complexity index is 1570. The number of unbranched alkanes of at least 4 members (excludes halogenated alkanes) is 2. The van der Waals surface area contributed by atoms with Crippen LogP contribution >= 0.6 is 0 Å². The molecule has 7 unspecified atom stereocenters. The van der Waals surface area contributed by atoms with Crippen LogP contribution in [0, 0.1) is 0 Å². The molecule has 0 saturated carbocycles. The third-order valence-corrected chi connectivity index (χ3v) is 8.99. The number of ether oxygens (including phenoxy) is 1. The number of amides is 5. The molecule has 3 rings (SSSR count). The summed E-state index contributed by atoms with van der Waals surface area (Å²) in [4.78, 5) is 78.0. The van der Waals surface area contributed by atoms with Crippen LogP contribution in [-0.4, -0.2) is 103 Å². The highest BCUT2D eigenvalue weighted by Gasteiger charge is 2.36. The predicted octanol–water partition coefficient (Wildman–Crippen LogP) is -0.504. The smallest absolute Gasteiger partial charge is 0.258 e. The van der Waals surface area contributed by atoms with Crippen LogP contribution in [0.2, 0.25) is 0 Å². The molecular formula is C38H56N8O8. The molecule has 0 spiro atoms. The second kappa shape index (κ2) is 21.8. The first-order chi connectivity index (χ1) is 25.8. The summed E-state index contributed by atoms with van der Waals surface area (Å²) in [6.45, 7) is 5.56. The van der Waals surface area contributed by atoms with Gasteiger partial charge in [0.2, 0.25) is 17.7 Å². The van der Waals surface area contributed by atoms with Crippen LogP contribution in [0.1, 0.15) is 75.2 Å². The summed E-state index contributed by atoms with van der Waals surface area (Å²) in [5, 5.41) is 22.8. The molecule has 296 valence electrons. The van der Waals surface area contributed by atoms with Gasteiger partial charge < -0.3 is 53.6 Å². The van der Waals surface area contributed by atoms with Gasteiger partial charge in [0.25, 0.3) is 11.8 Å². The minimum atomic E-state index is -1.69. The fraction of sp³-hybridized carbons (Fsp3) is 0.526. The number of hydrogen-bond donors (Lipinski definition) is 9. The van der Waals surface area contributed by atoms with E-state index in [2.05, 4.69) is 45.6 Å². The van der Waals surface area contributed by atoms with Crippen LogP contribution in [0.15, 0.2) is 48.5 Å². The molecular weight excluding hydrogens is 696 g/mol. The van der Waals surface area contributed by atoms with Crippen molar-refractivity contribution in [2.75, 3.05) is 19.7 Å². The molecule has 2 aromatic rings. The molecule has 16 heteroatoms. The Kier molecular flexibility index (Phi) is 17.7. The molecule has 0 aromatic heterocycles. The van der Waals surface area contributed by atoms with Crippen molar-refractivity contribution in [3.8, 4) is 11.1 Å². The largest absolute Gasteiger partial charge is 0.391 e. The first-order valence-corrected chi connectivity index (χ1v) is 18.5. The van der Waals surface area contributed by atoms with E-state index in [9.17, 15) is 33.9 Å². The normalized spacial score (nSPS) is 16.8. The maximum Gasteiger partial charge on any atom is 0.258 e. The summed E-state index contributed by atoms with van der Waals surface area (Å²) < 4.78 is 4.98. The molecule has 16 nitrogen and oxygen atoms in total. The second-order valence-corrected chi connectivity index (χ2v) is 13.5. The van der Waals surface area contributed by atoms with E-state index in [-0.39, 0.29) is 31.8 Å². The first-order valence-electron chi connectivity index (χ1n) is 18.5. The van der Waals surface area contributed by atoms with Crippen molar-refractivity contribution in [2.24, 2.45) is 17.2 Å². The fourth-order valence-electron chi connectivity index (χ4n) is 5.60. The van der Waals surface area contributed by atoms with Gasteiger partial charge in [-0.05, 0) is 94.3 Å². The summed E-state index contributed by atoms with van der Waals surface area (Å²) in [5.41, 5.74) is 20.7. The molecule has 0 radical (unpaired) electrons. The van der Waals surface area contributed by atoms with Gasteiger partial charge in [-0.2, -0.15) is 0 Å². The first kappa shape index (κ1) is 43.7. The van der Waals surface area contributed by atoms with Crippen LogP contribution in [-0.2, 0) is 35.1 Å². The van der Waals surface area contributed by atoms with Gasteiger partial charge in [0.1, 0.15) is 24.2 Å². The van der Waals surface area contributed by atoms with Gasteiger partial charge in [0, 0.05) is 5.56 Å². The molecule has 12 N–H and O–H groups in total. The fourth-order valence-corrected chi connectivity index (χ4v) is 5.60. The number of rotatable bonds is 23. The van der Waals surface area contributed by atoms with E-state index in [1.807, 2.05) is 24.3 Å². The Labute approximate surface area is 316 Å². The van der Waals surface area contributed by atoms with E-state index in [1.165, 1.54) is 19.4 Å². The van der Waals surface area contributed by atoms with Crippen molar-refractivity contribution in [3.63, 3.8) is 0 Å². The lowest BCUT2D eigenvalue weighted by Crippen LogP contribution is -2.63. The van der Waals surface area contributed by atoms with E-state index < -0.39 is 72.1 Å². The number of carbonyl (C=O) groups is 6. The van der Waals surface area contributed by atoms with Gasteiger partial charge in [-0.25, -0.2) is 0 Å². The molecule has 1 aliphatic heterocycles. The monoisotopic (exact) mass is 752 g/mol. The van der Waals surface area contributed by atoms with Gasteiger partial charge in [-0.3, -0.25) is 28.8 Å². The standard InChI is InChI=1S/C38H56N8O8/c1-4-5-8-24-10-12-25(13-11-24)26-14-16-27(17-15-26)34(49)43-29(18-20-40)36(51)45-31(23(3)47)37(52)46-33(41)38(53)44-28(9-6-7-19-39)35(50)42-22(2)32(48)30-21-54-30/h10-17,22-23,28-31,33,47H,4-9,18-21,39-41H2,1-3H3,(H,42,50)(H,43,49)(H,44,53)(H,45,51)(H,46,52). The minimum absolute atomic E-state index is 0.0155. The molecule has 0 bridgehead atoms. The Morgan fingerprint density at radius 3 is 1.89 bits per heavy atom. The van der Waals surface area contributed by atoms with E-state index in [1.54, 1.807) is 12.1 Å². The third-order valence-electron chi connectivity index (χ3n) is 8.99. The topological polar surface area (TPSA) is 273 Å². The highest BCUT2D eigenvalue weighted by molar-refractivity contribution is 5.99. The number of benzene rings is 2. The van der Waals surface area contributed by atoms with E-state index in [0.29, 0.717) is 24.9 Å². The average molecular weight is 753 g/mol. The highest BCUT2D eigenvalue weighted by atomic mass is 16.6. The molecule has 5 amide bonds. The minimum Gasteiger partial charge on any atom is -0.391 e. The third kappa shape index (κ3) is 13.6. The second-order valence-electron chi connectivity index (χ2n) is 13.5. The van der Waals surface area contributed by atoms with Crippen LogP contribution in [0.3, 0.4) is 0 Å². The lowest BCUT2D eigenvalue weighted by molar-refractivity contribution is -0.136. The Balaban J connectivity index is 1.60. The molecule has 1 saturated heterocycles. The van der Waals surface area contributed by atoms with Gasteiger partial charge in [0.15, 0.2) is 11.9 Å². The lowest BCUT2D eigenvalue weighted by atomic mass is 10.0. The zero-order valence-electron chi connectivity index (χ0n) is 31.3. The number of hydrogen-bond acceptors (Lipinski definition) is 11. The van der Waals surface area contributed by atoms with E-state index in [0.717, 1.165) is 30.4 Å². The Morgan fingerprint density at radius 1 is 0.741 bits per heavy atom. The van der Waals surface area contributed by atoms with Crippen molar-refractivity contribution in [1.29, 1.82) is 0 Å². The number of aryl methyl sites for hydroxylation is 1. The predicted molar refractivity (Wildman–Crippen MR) is 202 cm³/mol. The number of carbonyl (C=O) groups excluding carboxylic acids is 6. The number of aliphatic hydroxyl groups is 1. The summed E-state index contributed by atoms with van der Waals surface area (Å²) in [6, 6.07) is 10.4. The summed E-state index contributed by atoms with van der Waals surface area (Å²) in [5.74, 6) is -4.21. The van der Waals surface area contributed by atoms with Gasteiger partial charge >= 0.3 is 0 Å². The molecule has 1 aliphatic rings. The zero-order valence-corrected chi connectivity index (χ0v) is 31.3. The maximum absolute atomic E-state index is 13.3. The van der Waals surface area contributed by atoms with Crippen molar-refractivity contribution in [3.05, 3.63) is 59.7 Å². The van der Waals surface area contributed by atoms with Gasteiger partial charge in [0.05, 0.1) is 18.8 Å². The van der Waals surface area contributed by atoms with Crippen LogP contribution in [0.4, 0.5) is 0 Å². The van der Waals surface area contributed by atoms with Crippen LogP contribution in [0.25, 0.3) is 11.1 Å². The summed E-state index contributed by atoms with van der Waals surface area (Å²) in [7, 11) is 0. The zero-order chi connectivity index (χ0) is 39.8. The molecule has 0 aliphatic carbocycles. The lowest BCUT2D eigenvalue weighted by Gasteiger charge is -2.26. The van der Waals surface area contributed by atoms with Crippen molar-refractivity contribution < 1.29 is 38.6 Å². The quantitative estimate of drug-likeness (QED) is 0.0397. The molecule has 7 atom stereocenters. The number of ketones is 1. The molecule has 1 fully saturated rings. The number of Topliss-reactive ketones (excluding diaryl/α,β-unsaturated/α-hetero) is 1. The molecule has 54 heavy (non-hydrogen) atoms. The van der Waals surface area contributed by atoms with Gasteiger partial charge in [-0.15, -0.1) is 0 Å².